The first-order valence-corrected chi connectivity index (χ1v) is 7.90. The number of nitrogens with zero attached hydrogens (tertiary/aromatic N) is 1. The van der Waals surface area contributed by atoms with Crippen molar-refractivity contribution in [3.05, 3.63) is 68.4 Å². The fourth-order valence-corrected chi connectivity index (χ4v) is 2.72. The van der Waals surface area contributed by atoms with E-state index in [1.165, 1.54) is 30.3 Å². The van der Waals surface area contributed by atoms with E-state index in [4.69, 9.17) is 26.2 Å². The summed E-state index contributed by atoms with van der Waals surface area (Å²) in [7, 11) is 0. The average Bonchev–Trinajstić information content (AvgIpc) is 2.61. The molecule has 0 spiro atoms. The first-order chi connectivity index (χ1) is 13.1. The Morgan fingerprint density at radius 1 is 1.25 bits per heavy atom. The van der Waals surface area contributed by atoms with Crippen LogP contribution in [0.4, 0.5) is 18.9 Å². The number of non-ortho nitro benzene ring substituents is 1. The Balaban J connectivity index is 1.94. The van der Waals surface area contributed by atoms with E-state index < -0.39 is 34.8 Å². The van der Waals surface area contributed by atoms with E-state index >= 15 is 0 Å². The van der Waals surface area contributed by atoms with Gasteiger partial charge in [0.2, 0.25) is 5.76 Å². The summed E-state index contributed by atoms with van der Waals surface area (Å²) < 4.78 is 49.6. The van der Waals surface area contributed by atoms with Crippen molar-refractivity contribution < 1.29 is 37.5 Å². The molecular formula is C17H9ClF3NO6. The molecule has 3 rings (SSSR count). The van der Waals surface area contributed by atoms with Crippen LogP contribution in [0, 0.1) is 10.1 Å². The summed E-state index contributed by atoms with van der Waals surface area (Å²) in [6.45, 7) is 0. The van der Waals surface area contributed by atoms with Crippen LogP contribution in [0.15, 0.2) is 47.7 Å². The molecule has 1 heterocycles. The van der Waals surface area contributed by atoms with Crippen LogP contribution in [-0.4, -0.2) is 22.2 Å². The number of ether oxygens (including phenoxy) is 2. The summed E-state index contributed by atoms with van der Waals surface area (Å²) in [6, 6.07) is 7.29. The lowest BCUT2D eigenvalue weighted by atomic mass is 10.00. The third-order valence-corrected chi connectivity index (χ3v) is 4.05. The fraction of sp³-hybridized carbons (Fsp3) is 0.118. The third-order valence-electron chi connectivity index (χ3n) is 3.76. The summed E-state index contributed by atoms with van der Waals surface area (Å²) in [5.41, 5.74) is -0.958. The largest absolute Gasteiger partial charge is 0.478 e. The maximum atomic E-state index is 13.1. The van der Waals surface area contributed by atoms with Gasteiger partial charge in [-0.1, -0.05) is 11.6 Å². The zero-order valence-corrected chi connectivity index (χ0v) is 14.4. The van der Waals surface area contributed by atoms with Gasteiger partial charge < -0.3 is 14.6 Å². The highest BCUT2D eigenvalue weighted by Crippen LogP contribution is 2.43. The molecule has 1 aliphatic heterocycles. The number of halogens is 4. The SMILES string of the molecule is O=C(O)C1=C(C(F)(F)F)Oc2cc(Oc3ccc([N+](=O)[O-])cc3)c(Cl)cc2C1. The number of fused-ring (bicyclic) bond motifs is 1. The van der Waals surface area contributed by atoms with Crippen molar-refractivity contribution in [2.75, 3.05) is 0 Å². The van der Waals surface area contributed by atoms with Gasteiger partial charge in [-0.2, -0.15) is 13.2 Å². The van der Waals surface area contributed by atoms with Gasteiger partial charge in [0, 0.05) is 30.2 Å². The molecule has 146 valence electrons. The molecule has 0 atom stereocenters. The molecule has 0 aliphatic carbocycles. The molecule has 1 N–H and O–H groups in total. The Kier molecular flexibility index (Phi) is 4.90. The summed E-state index contributed by atoms with van der Waals surface area (Å²) in [6.07, 6.45) is -5.53. The van der Waals surface area contributed by atoms with Gasteiger partial charge in [-0.3, -0.25) is 10.1 Å². The molecule has 2 aromatic rings. The zero-order chi connectivity index (χ0) is 20.6. The maximum Gasteiger partial charge on any atom is 0.450 e. The zero-order valence-electron chi connectivity index (χ0n) is 13.6. The summed E-state index contributed by atoms with van der Waals surface area (Å²) >= 11 is 6.07. The van der Waals surface area contributed by atoms with E-state index in [2.05, 4.69) is 0 Å². The monoisotopic (exact) mass is 415 g/mol. The first kappa shape index (κ1) is 19.5. The lowest BCUT2D eigenvalue weighted by molar-refractivity contribution is -0.384. The molecule has 11 heteroatoms. The predicted molar refractivity (Wildman–Crippen MR) is 89.7 cm³/mol. The Bertz CT molecular complexity index is 1000. The van der Waals surface area contributed by atoms with E-state index in [0.29, 0.717) is 0 Å². The van der Waals surface area contributed by atoms with Crippen molar-refractivity contribution >= 4 is 23.3 Å². The van der Waals surface area contributed by atoms with E-state index in [1.807, 2.05) is 0 Å². The van der Waals surface area contributed by atoms with Gasteiger partial charge in [-0.15, -0.1) is 0 Å². The molecule has 0 unspecified atom stereocenters. The van der Waals surface area contributed by atoms with Crippen molar-refractivity contribution in [2.45, 2.75) is 12.6 Å². The number of benzene rings is 2. The van der Waals surface area contributed by atoms with Crippen LogP contribution in [0.3, 0.4) is 0 Å². The van der Waals surface area contributed by atoms with E-state index in [1.54, 1.807) is 0 Å². The molecule has 0 radical (unpaired) electrons. The van der Waals surface area contributed by atoms with Crippen LogP contribution in [0.2, 0.25) is 5.02 Å². The highest BCUT2D eigenvalue weighted by atomic mass is 35.5. The van der Waals surface area contributed by atoms with Crippen molar-refractivity contribution in [2.24, 2.45) is 0 Å². The number of carboxylic acid groups (broad SMARTS) is 1. The topological polar surface area (TPSA) is 98.9 Å². The Morgan fingerprint density at radius 2 is 1.89 bits per heavy atom. The van der Waals surface area contributed by atoms with Gasteiger partial charge in [0.05, 0.1) is 15.5 Å². The van der Waals surface area contributed by atoms with Gasteiger partial charge in [0.15, 0.2) is 0 Å². The summed E-state index contributed by atoms with van der Waals surface area (Å²) in [5, 5.41) is 19.7. The van der Waals surface area contributed by atoms with Crippen LogP contribution in [0.5, 0.6) is 17.2 Å². The summed E-state index contributed by atoms with van der Waals surface area (Å²) in [4.78, 5) is 21.2. The summed E-state index contributed by atoms with van der Waals surface area (Å²) in [5.74, 6) is -3.52. The smallest absolute Gasteiger partial charge is 0.450 e. The van der Waals surface area contributed by atoms with Crippen molar-refractivity contribution in [1.29, 1.82) is 0 Å². The lowest BCUT2D eigenvalue weighted by Gasteiger charge is -2.24. The maximum absolute atomic E-state index is 13.1. The second-order valence-corrected chi connectivity index (χ2v) is 6.04. The number of nitro benzene ring substituents is 1. The molecule has 0 aromatic heterocycles. The number of carbonyl (C=O) groups is 1. The number of carboxylic acids is 1. The van der Waals surface area contributed by atoms with Gasteiger partial charge in [-0.05, 0) is 18.2 Å². The van der Waals surface area contributed by atoms with Crippen LogP contribution in [0.25, 0.3) is 0 Å². The molecular weight excluding hydrogens is 407 g/mol. The predicted octanol–water partition coefficient (Wildman–Crippen LogP) is 4.88. The quantitative estimate of drug-likeness (QED) is 0.564. The second kappa shape index (κ2) is 7.04. The minimum atomic E-state index is -5.00. The molecule has 0 fully saturated rings. The molecule has 1 aliphatic rings. The molecule has 7 nitrogen and oxygen atoms in total. The first-order valence-electron chi connectivity index (χ1n) is 7.52. The number of aliphatic carboxylic acids is 1. The minimum absolute atomic E-state index is 0.000834. The van der Waals surface area contributed by atoms with E-state index in [-0.39, 0.29) is 33.5 Å². The number of rotatable bonds is 4. The Hall–Kier alpha value is -3.27. The van der Waals surface area contributed by atoms with Gasteiger partial charge >= 0.3 is 12.1 Å². The van der Waals surface area contributed by atoms with Crippen LogP contribution < -0.4 is 9.47 Å². The number of nitro groups is 1. The van der Waals surface area contributed by atoms with Crippen LogP contribution >= 0.6 is 11.6 Å². The van der Waals surface area contributed by atoms with Crippen molar-refractivity contribution in [1.82, 2.24) is 0 Å². The standard InChI is InChI=1S/C17H9ClF3NO6/c18-12-6-8-5-11(16(23)24)15(17(19,20)21)28-13(8)7-14(12)27-10-3-1-9(2-4-10)22(25)26/h1-4,6-7H,5H2,(H,23,24). The highest BCUT2D eigenvalue weighted by molar-refractivity contribution is 6.32. The van der Waals surface area contributed by atoms with Crippen molar-refractivity contribution in [3.8, 4) is 17.2 Å². The number of hydrogen-bond donors (Lipinski definition) is 1. The molecule has 0 saturated heterocycles. The second-order valence-electron chi connectivity index (χ2n) is 5.63. The lowest BCUT2D eigenvalue weighted by Crippen LogP contribution is -2.26. The Morgan fingerprint density at radius 3 is 2.43 bits per heavy atom. The fourth-order valence-electron chi connectivity index (χ4n) is 2.49. The number of hydrogen-bond acceptors (Lipinski definition) is 5. The third kappa shape index (κ3) is 3.86. The number of alkyl halides is 3. The molecule has 2 aromatic carbocycles. The molecule has 0 amide bonds. The van der Waals surface area contributed by atoms with E-state index in [0.717, 1.165) is 6.07 Å². The Labute approximate surface area is 159 Å². The number of allylic oxidation sites excluding steroid dienone is 1. The highest BCUT2D eigenvalue weighted by Gasteiger charge is 2.43. The van der Waals surface area contributed by atoms with Gasteiger partial charge in [0.25, 0.3) is 5.69 Å². The van der Waals surface area contributed by atoms with E-state index in [9.17, 15) is 28.1 Å². The molecule has 0 saturated carbocycles. The average molecular weight is 416 g/mol. The van der Waals surface area contributed by atoms with Crippen LogP contribution in [-0.2, 0) is 11.2 Å². The van der Waals surface area contributed by atoms with Crippen LogP contribution in [0.1, 0.15) is 5.56 Å². The van der Waals surface area contributed by atoms with Crippen molar-refractivity contribution in [3.63, 3.8) is 0 Å². The van der Waals surface area contributed by atoms with Gasteiger partial charge in [-0.25, -0.2) is 4.79 Å². The van der Waals surface area contributed by atoms with Gasteiger partial charge in [0.1, 0.15) is 17.2 Å². The molecule has 0 bridgehead atoms. The molecule has 28 heavy (non-hydrogen) atoms. The minimum Gasteiger partial charge on any atom is -0.478 e. The normalized spacial score (nSPS) is 13.6.